The van der Waals surface area contributed by atoms with Gasteiger partial charge in [-0.2, -0.15) is 10.2 Å². The molecule has 0 radical (unpaired) electrons. The molecule has 2 heterocycles. The molecule has 0 bridgehead atoms. The summed E-state index contributed by atoms with van der Waals surface area (Å²) in [5.74, 6) is 2.02. The topological polar surface area (TPSA) is 76.9 Å². The average Bonchev–Trinajstić information content (AvgIpc) is 2.93. The molecule has 1 aliphatic heterocycles. The van der Waals surface area contributed by atoms with Crippen molar-refractivity contribution in [1.29, 1.82) is 5.26 Å². The highest BCUT2D eigenvalue weighted by atomic mass is 15.1. The predicted octanol–water partition coefficient (Wildman–Crippen LogP) is 6.91. The van der Waals surface area contributed by atoms with Crippen molar-refractivity contribution in [2.75, 3.05) is 23.7 Å². The van der Waals surface area contributed by atoms with E-state index in [9.17, 15) is 0 Å². The summed E-state index contributed by atoms with van der Waals surface area (Å²) in [6, 6.07) is 26.7. The third-order valence-corrected chi connectivity index (χ3v) is 7.25. The van der Waals surface area contributed by atoms with Crippen molar-refractivity contribution in [2.24, 2.45) is 5.92 Å². The molecule has 0 atom stereocenters. The van der Waals surface area contributed by atoms with E-state index in [1.165, 1.54) is 41.5 Å². The number of aryl methyl sites for hydroxylation is 2. The fraction of sp³-hybridized carbons (Fsp3) is 0.281. The first-order valence-corrected chi connectivity index (χ1v) is 13.3. The lowest BCUT2D eigenvalue weighted by molar-refractivity contribution is 0.177. The van der Waals surface area contributed by atoms with Crippen molar-refractivity contribution in [3.05, 3.63) is 107 Å². The summed E-state index contributed by atoms with van der Waals surface area (Å²) in [5.41, 5.74) is 7.77. The fourth-order valence-corrected chi connectivity index (χ4v) is 5.27. The van der Waals surface area contributed by atoms with Crippen LogP contribution in [0.4, 0.5) is 23.1 Å². The van der Waals surface area contributed by atoms with Crippen LogP contribution in [0.15, 0.2) is 79.0 Å². The number of nitrogens with zero attached hydrogens (tertiary/aromatic N) is 4. The molecule has 38 heavy (non-hydrogen) atoms. The van der Waals surface area contributed by atoms with E-state index >= 15 is 0 Å². The number of likely N-dealkylation sites (tertiary alicyclic amines) is 1. The second-order valence-electron chi connectivity index (χ2n) is 10.2. The average molecular weight is 503 g/mol. The summed E-state index contributed by atoms with van der Waals surface area (Å²) >= 11 is 0. The Bertz CT molecular complexity index is 1380. The number of piperidine rings is 1. The molecule has 1 aliphatic rings. The molecule has 4 aromatic rings. The number of nitriles is 1. The Balaban J connectivity index is 1.19. The number of hydrogen-bond acceptors (Lipinski definition) is 6. The zero-order chi connectivity index (χ0) is 26.3. The zero-order valence-corrected chi connectivity index (χ0v) is 22.1. The third-order valence-electron chi connectivity index (χ3n) is 7.25. The third kappa shape index (κ3) is 6.56. The van der Waals surface area contributed by atoms with E-state index < -0.39 is 0 Å². The largest absolute Gasteiger partial charge is 0.340 e. The predicted molar refractivity (Wildman–Crippen MR) is 154 cm³/mol. The summed E-state index contributed by atoms with van der Waals surface area (Å²) in [6.45, 7) is 7.62. The highest BCUT2D eigenvalue weighted by molar-refractivity contribution is 5.66. The van der Waals surface area contributed by atoms with E-state index in [1.807, 2.05) is 18.2 Å². The Hall–Kier alpha value is -4.21. The van der Waals surface area contributed by atoms with Gasteiger partial charge in [-0.3, -0.25) is 4.90 Å². The molecule has 0 saturated carbocycles. The Morgan fingerprint density at radius 3 is 2.29 bits per heavy atom. The van der Waals surface area contributed by atoms with Gasteiger partial charge in [-0.05, 0) is 105 Å². The number of rotatable bonds is 8. The molecular formula is C32H34N6. The van der Waals surface area contributed by atoms with E-state index in [-0.39, 0.29) is 0 Å². The Morgan fingerprint density at radius 2 is 1.61 bits per heavy atom. The first kappa shape index (κ1) is 25.4. The normalized spacial score (nSPS) is 14.1. The molecule has 1 aromatic heterocycles. The molecule has 0 unspecified atom stereocenters. The molecule has 0 spiro atoms. The SMILES string of the molecule is Cc1cc(CN2CCC(Cc3ccccc3)CC2)cc(C)c1Nc1ccnc(Nc2ccc(C#N)cc2)n1. The van der Waals surface area contributed by atoms with Gasteiger partial charge in [-0.15, -0.1) is 0 Å². The quantitative estimate of drug-likeness (QED) is 0.273. The molecule has 1 fully saturated rings. The van der Waals surface area contributed by atoms with Crippen molar-refractivity contribution in [3.8, 4) is 6.07 Å². The first-order chi connectivity index (χ1) is 18.6. The molecule has 0 amide bonds. The van der Waals surface area contributed by atoms with Crippen LogP contribution in [-0.2, 0) is 13.0 Å². The minimum absolute atomic E-state index is 0.502. The first-order valence-electron chi connectivity index (χ1n) is 13.3. The van der Waals surface area contributed by atoms with E-state index in [1.54, 1.807) is 18.3 Å². The number of nitrogens with one attached hydrogen (secondary N) is 2. The van der Waals surface area contributed by atoms with Crippen LogP contribution in [0.5, 0.6) is 0 Å². The van der Waals surface area contributed by atoms with Gasteiger partial charge in [-0.25, -0.2) is 4.98 Å². The van der Waals surface area contributed by atoms with Crippen LogP contribution in [0.1, 0.15) is 40.7 Å². The van der Waals surface area contributed by atoms with Crippen molar-refractivity contribution in [2.45, 2.75) is 39.7 Å². The van der Waals surface area contributed by atoms with Crippen LogP contribution in [-0.4, -0.2) is 28.0 Å². The summed E-state index contributed by atoms with van der Waals surface area (Å²) in [7, 11) is 0. The van der Waals surface area contributed by atoms with Crippen LogP contribution in [0.2, 0.25) is 0 Å². The number of aromatic nitrogens is 2. The van der Waals surface area contributed by atoms with Crippen LogP contribution < -0.4 is 10.6 Å². The van der Waals surface area contributed by atoms with Gasteiger partial charge in [-0.1, -0.05) is 42.5 Å². The zero-order valence-electron chi connectivity index (χ0n) is 22.1. The van der Waals surface area contributed by atoms with E-state index in [2.05, 4.69) is 87.9 Å². The summed E-state index contributed by atoms with van der Waals surface area (Å²) in [5, 5.41) is 15.7. The minimum Gasteiger partial charge on any atom is -0.340 e. The van der Waals surface area contributed by atoms with Crippen LogP contribution in [0.25, 0.3) is 0 Å². The summed E-state index contributed by atoms with van der Waals surface area (Å²) < 4.78 is 0. The lowest BCUT2D eigenvalue weighted by Gasteiger charge is -2.32. The highest BCUT2D eigenvalue weighted by Crippen LogP contribution is 2.28. The van der Waals surface area contributed by atoms with E-state index in [4.69, 9.17) is 5.26 Å². The maximum atomic E-state index is 8.99. The fourth-order valence-electron chi connectivity index (χ4n) is 5.27. The van der Waals surface area contributed by atoms with Gasteiger partial charge in [0.15, 0.2) is 0 Å². The van der Waals surface area contributed by atoms with Crippen molar-refractivity contribution in [1.82, 2.24) is 14.9 Å². The van der Waals surface area contributed by atoms with Crippen LogP contribution in [0.3, 0.4) is 0 Å². The summed E-state index contributed by atoms with van der Waals surface area (Å²) in [4.78, 5) is 11.6. The van der Waals surface area contributed by atoms with Gasteiger partial charge < -0.3 is 10.6 Å². The van der Waals surface area contributed by atoms with Gasteiger partial charge in [0.1, 0.15) is 5.82 Å². The smallest absolute Gasteiger partial charge is 0.229 e. The summed E-state index contributed by atoms with van der Waals surface area (Å²) in [6.07, 6.45) is 5.46. The maximum Gasteiger partial charge on any atom is 0.229 e. The van der Waals surface area contributed by atoms with E-state index in [0.717, 1.165) is 42.7 Å². The van der Waals surface area contributed by atoms with Crippen LogP contribution in [0, 0.1) is 31.1 Å². The second-order valence-corrected chi connectivity index (χ2v) is 10.2. The second kappa shape index (κ2) is 11.9. The van der Waals surface area contributed by atoms with Crippen LogP contribution >= 0.6 is 0 Å². The Labute approximate surface area is 225 Å². The molecule has 2 N–H and O–H groups in total. The molecule has 5 rings (SSSR count). The molecule has 0 aliphatic carbocycles. The number of benzene rings is 3. The van der Waals surface area contributed by atoms with Crippen molar-refractivity contribution in [3.63, 3.8) is 0 Å². The lowest BCUT2D eigenvalue weighted by atomic mass is 9.90. The molecule has 192 valence electrons. The maximum absolute atomic E-state index is 8.99. The Morgan fingerprint density at radius 1 is 0.895 bits per heavy atom. The minimum atomic E-state index is 0.502. The standard InChI is InChI=1S/C32H34N6/c1-23-18-28(22-38-16-13-26(14-17-38)20-25-6-4-3-5-7-25)19-24(2)31(23)36-30-12-15-34-32(37-30)35-29-10-8-27(21-33)9-11-29/h3-12,15,18-19,26H,13-14,16-17,20,22H2,1-2H3,(H2,34,35,36,37). The van der Waals surface area contributed by atoms with Gasteiger partial charge in [0.25, 0.3) is 0 Å². The van der Waals surface area contributed by atoms with Gasteiger partial charge in [0, 0.05) is 24.1 Å². The number of hydrogen-bond donors (Lipinski definition) is 2. The Kier molecular flexibility index (Phi) is 7.96. The lowest BCUT2D eigenvalue weighted by Crippen LogP contribution is -2.33. The van der Waals surface area contributed by atoms with Crippen molar-refractivity contribution >= 4 is 23.1 Å². The molecule has 3 aromatic carbocycles. The van der Waals surface area contributed by atoms with E-state index in [0.29, 0.717) is 11.5 Å². The van der Waals surface area contributed by atoms with Gasteiger partial charge in [0.2, 0.25) is 5.95 Å². The highest BCUT2D eigenvalue weighted by Gasteiger charge is 2.20. The van der Waals surface area contributed by atoms with Crippen molar-refractivity contribution < 1.29 is 0 Å². The number of anilines is 4. The molecular weight excluding hydrogens is 468 g/mol. The molecule has 6 nitrogen and oxygen atoms in total. The van der Waals surface area contributed by atoms with Gasteiger partial charge in [0.05, 0.1) is 11.6 Å². The van der Waals surface area contributed by atoms with Gasteiger partial charge >= 0.3 is 0 Å². The molecule has 1 saturated heterocycles. The molecule has 6 heteroatoms. The monoisotopic (exact) mass is 502 g/mol.